The van der Waals surface area contributed by atoms with Gasteiger partial charge in [-0.15, -0.1) is 0 Å². The van der Waals surface area contributed by atoms with Crippen molar-refractivity contribution in [1.29, 1.82) is 0 Å². The van der Waals surface area contributed by atoms with Gasteiger partial charge in [0.15, 0.2) is 0 Å². The van der Waals surface area contributed by atoms with Crippen molar-refractivity contribution < 1.29 is 9.59 Å². The number of fused-ring (bicyclic) bond motifs is 1. The summed E-state index contributed by atoms with van der Waals surface area (Å²) in [5, 5.41) is 0. The van der Waals surface area contributed by atoms with E-state index in [1.165, 1.54) is 7.05 Å². The van der Waals surface area contributed by atoms with Gasteiger partial charge in [-0.1, -0.05) is 0 Å². The Kier molecular flexibility index (Phi) is 1.96. The van der Waals surface area contributed by atoms with Crippen LogP contribution < -0.4 is 0 Å². The van der Waals surface area contributed by atoms with Crippen LogP contribution in [0.2, 0.25) is 0 Å². The van der Waals surface area contributed by atoms with Crippen molar-refractivity contribution >= 4 is 27.7 Å². The first-order valence-electron chi connectivity index (χ1n) is 4.15. The van der Waals surface area contributed by atoms with Crippen LogP contribution >= 0.6 is 15.9 Å². The molecule has 1 aliphatic rings. The highest BCUT2D eigenvalue weighted by Gasteiger charge is 2.34. The highest BCUT2D eigenvalue weighted by atomic mass is 79.9. The smallest absolute Gasteiger partial charge is 0.262 e. The van der Waals surface area contributed by atoms with E-state index < -0.39 is 0 Å². The van der Waals surface area contributed by atoms with Crippen LogP contribution in [0.3, 0.4) is 0 Å². The molecule has 1 heterocycles. The molecule has 0 radical (unpaired) electrons. The Balaban J connectivity index is 2.76. The van der Waals surface area contributed by atoms with E-state index in [0.29, 0.717) is 15.6 Å². The number of aryl methyl sites for hydroxylation is 1. The average molecular weight is 254 g/mol. The van der Waals surface area contributed by atoms with E-state index in [0.717, 1.165) is 10.5 Å². The van der Waals surface area contributed by atoms with Crippen LogP contribution in [0.5, 0.6) is 0 Å². The first kappa shape index (κ1) is 9.40. The first-order chi connectivity index (χ1) is 6.52. The number of rotatable bonds is 0. The summed E-state index contributed by atoms with van der Waals surface area (Å²) < 4.78 is 0.690. The van der Waals surface area contributed by atoms with Crippen LogP contribution in [-0.2, 0) is 0 Å². The van der Waals surface area contributed by atoms with Gasteiger partial charge in [-0.05, 0) is 40.5 Å². The average Bonchev–Trinajstić information content (AvgIpc) is 2.31. The van der Waals surface area contributed by atoms with Crippen LogP contribution in [0.4, 0.5) is 0 Å². The standard InChI is InChI=1S/C10H8BrNO2/c1-5-3-6-8(7(11)4-5)10(14)12(2)9(6)13/h3-4H,1-2H3. The molecule has 0 unspecified atom stereocenters. The summed E-state index contributed by atoms with van der Waals surface area (Å²) in [6.45, 7) is 1.89. The minimum Gasteiger partial charge on any atom is -0.277 e. The highest BCUT2D eigenvalue weighted by molar-refractivity contribution is 9.10. The summed E-state index contributed by atoms with van der Waals surface area (Å²) in [5.41, 5.74) is 1.93. The molecule has 0 saturated carbocycles. The summed E-state index contributed by atoms with van der Waals surface area (Å²) in [6, 6.07) is 3.58. The summed E-state index contributed by atoms with van der Waals surface area (Å²) in [5.74, 6) is -0.466. The van der Waals surface area contributed by atoms with Gasteiger partial charge in [-0.2, -0.15) is 0 Å². The Morgan fingerprint density at radius 2 is 1.86 bits per heavy atom. The fourth-order valence-electron chi connectivity index (χ4n) is 1.57. The molecule has 1 aliphatic heterocycles. The summed E-state index contributed by atoms with van der Waals surface area (Å²) in [6.07, 6.45) is 0. The second kappa shape index (κ2) is 2.92. The minimum atomic E-state index is -0.239. The van der Waals surface area contributed by atoms with E-state index in [-0.39, 0.29) is 11.8 Å². The van der Waals surface area contributed by atoms with E-state index in [1.807, 2.05) is 13.0 Å². The second-order valence-corrected chi connectivity index (χ2v) is 4.19. The van der Waals surface area contributed by atoms with E-state index in [9.17, 15) is 9.59 Å². The largest absolute Gasteiger partial charge is 0.277 e. The molecular formula is C10H8BrNO2. The molecule has 3 nitrogen and oxygen atoms in total. The van der Waals surface area contributed by atoms with Crippen molar-refractivity contribution in [2.24, 2.45) is 0 Å². The van der Waals surface area contributed by atoms with Crippen molar-refractivity contribution in [3.05, 3.63) is 33.3 Å². The number of hydrogen-bond acceptors (Lipinski definition) is 2. The fourth-order valence-corrected chi connectivity index (χ4v) is 2.31. The zero-order valence-corrected chi connectivity index (χ0v) is 9.38. The quantitative estimate of drug-likeness (QED) is 0.664. The van der Waals surface area contributed by atoms with Crippen LogP contribution in [0.1, 0.15) is 26.3 Å². The number of imide groups is 1. The molecule has 2 rings (SSSR count). The molecular weight excluding hydrogens is 246 g/mol. The predicted octanol–water partition coefficient (Wildman–Crippen LogP) is 1.98. The van der Waals surface area contributed by atoms with Crippen LogP contribution in [0.15, 0.2) is 16.6 Å². The lowest BCUT2D eigenvalue weighted by Crippen LogP contribution is -2.24. The van der Waals surface area contributed by atoms with E-state index in [1.54, 1.807) is 6.07 Å². The van der Waals surface area contributed by atoms with Gasteiger partial charge >= 0.3 is 0 Å². The summed E-state index contributed by atoms with van der Waals surface area (Å²) in [4.78, 5) is 24.3. The molecule has 2 amide bonds. The van der Waals surface area contributed by atoms with Crippen molar-refractivity contribution in [2.75, 3.05) is 7.05 Å². The summed E-state index contributed by atoms with van der Waals surface area (Å²) in [7, 11) is 1.49. The van der Waals surface area contributed by atoms with E-state index >= 15 is 0 Å². The van der Waals surface area contributed by atoms with Gasteiger partial charge < -0.3 is 0 Å². The number of hydrogen-bond donors (Lipinski definition) is 0. The molecule has 4 heteroatoms. The van der Waals surface area contributed by atoms with Crippen molar-refractivity contribution in [2.45, 2.75) is 6.92 Å². The monoisotopic (exact) mass is 253 g/mol. The van der Waals surface area contributed by atoms with Gasteiger partial charge in [0, 0.05) is 11.5 Å². The molecule has 0 saturated heterocycles. The molecule has 0 atom stereocenters. The molecule has 1 aromatic carbocycles. The predicted molar refractivity (Wildman–Crippen MR) is 55.3 cm³/mol. The van der Waals surface area contributed by atoms with Gasteiger partial charge in [-0.25, -0.2) is 0 Å². The van der Waals surface area contributed by atoms with Gasteiger partial charge in [-0.3, -0.25) is 14.5 Å². The molecule has 72 valence electrons. The third kappa shape index (κ3) is 1.10. The zero-order valence-electron chi connectivity index (χ0n) is 7.80. The van der Waals surface area contributed by atoms with Gasteiger partial charge in [0.1, 0.15) is 0 Å². The lowest BCUT2D eigenvalue weighted by molar-refractivity contribution is 0.0693. The first-order valence-corrected chi connectivity index (χ1v) is 4.94. The maximum absolute atomic E-state index is 11.6. The van der Waals surface area contributed by atoms with Crippen molar-refractivity contribution in [3.8, 4) is 0 Å². The molecule has 0 spiro atoms. The van der Waals surface area contributed by atoms with Crippen LogP contribution in [0.25, 0.3) is 0 Å². The Labute approximate surface area is 89.8 Å². The molecule has 0 aromatic heterocycles. The molecule has 1 aromatic rings. The molecule has 0 aliphatic carbocycles. The molecule has 0 N–H and O–H groups in total. The maximum atomic E-state index is 11.6. The fraction of sp³-hybridized carbons (Fsp3) is 0.200. The lowest BCUT2D eigenvalue weighted by Gasteiger charge is -2.02. The summed E-state index contributed by atoms with van der Waals surface area (Å²) >= 11 is 3.29. The van der Waals surface area contributed by atoms with E-state index in [2.05, 4.69) is 15.9 Å². The van der Waals surface area contributed by atoms with Crippen LogP contribution in [-0.4, -0.2) is 23.8 Å². The Morgan fingerprint density at radius 3 is 2.50 bits per heavy atom. The Morgan fingerprint density at radius 1 is 1.21 bits per heavy atom. The van der Waals surface area contributed by atoms with Crippen LogP contribution in [0, 0.1) is 6.92 Å². The van der Waals surface area contributed by atoms with Gasteiger partial charge in [0.05, 0.1) is 11.1 Å². The third-order valence-corrected chi connectivity index (χ3v) is 2.91. The SMILES string of the molecule is Cc1cc(Br)c2c(c1)C(=O)N(C)C2=O. The minimum absolute atomic E-state index is 0.227. The molecule has 14 heavy (non-hydrogen) atoms. The van der Waals surface area contributed by atoms with Crippen molar-refractivity contribution in [1.82, 2.24) is 4.90 Å². The van der Waals surface area contributed by atoms with Crippen molar-refractivity contribution in [3.63, 3.8) is 0 Å². The van der Waals surface area contributed by atoms with E-state index in [4.69, 9.17) is 0 Å². The maximum Gasteiger partial charge on any atom is 0.262 e. The van der Waals surface area contributed by atoms with Gasteiger partial charge in [0.2, 0.25) is 0 Å². The third-order valence-electron chi connectivity index (χ3n) is 2.29. The molecule has 0 fully saturated rings. The Bertz CT molecular complexity index is 454. The van der Waals surface area contributed by atoms with Gasteiger partial charge in [0.25, 0.3) is 11.8 Å². The number of nitrogens with zero attached hydrogens (tertiary/aromatic N) is 1. The zero-order chi connectivity index (χ0) is 10.5. The molecule has 0 bridgehead atoms. The number of carbonyl (C=O) groups is 2. The highest BCUT2D eigenvalue weighted by Crippen LogP contribution is 2.29. The number of amides is 2. The normalized spacial score (nSPS) is 14.9. The second-order valence-electron chi connectivity index (χ2n) is 3.34. The number of halogens is 1. The topological polar surface area (TPSA) is 37.4 Å². The number of benzene rings is 1. The Hall–Kier alpha value is -1.16. The number of carbonyl (C=O) groups excluding carboxylic acids is 2. The lowest BCUT2D eigenvalue weighted by atomic mass is 10.1.